The van der Waals surface area contributed by atoms with Crippen LogP contribution in [0.1, 0.15) is 26.7 Å². The fourth-order valence-electron chi connectivity index (χ4n) is 0.646. The Morgan fingerprint density at radius 1 is 1.64 bits per heavy atom. The zero-order valence-corrected chi connectivity index (χ0v) is 7.26. The van der Waals surface area contributed by atoms with Gasteiger partial charge >= 0.3 is 0 Å². The molecule has 3 heteroatoms. The molecule has 2 N–H and O–H groups in total. The first-order valence-electron chi connectivity index (χ1n) is 4.11. The fraction of sp³-hybridized carbons (Fsp3) is 0.875. The predicted octanol–water partition coefficient (Wildman–Crippen LogP) is 0.531. The molecule has 0 heterocycles. The number of carbonyl (C=O) groups is 1. The Morgan fingerprint density at radius 2 is 2.27 bits per heavy atom. The van der Waals surface area contributed by atoms with Crippen molar-refractivity contribution in [2.45, 2.75) is 26.7 Å². The van der Waals surface area contributed by atoms with Crippen LogP contribution >= 0.6 is 0 Å². The van der Waals surface area contributed by atoms with Crippen molar-refractivity contribution in [3.63, 3.8) is 0 Å². The Hall–Kier alpha value is -0.570. The molecule has 0 aliphatic carbocycles. The van der Waals surface area contributed by atoms with Crippen LogP contribution in [0.3, 0.4) is 0 Å². The Labute approximate surface area is 67.8 Å². The second-order valence-electron chi connectivity index (χ2n) is 2.73. The summed E-state index contributed by atoms with van der Waals surface area (Å²) < 4.78 is 0. The summed E-state index contributed by atoms with van der Waals surface area (Å²) in [6.45, 7) is 4.43. The summed E-state index contributed by atoms with van der Waals surface area (Å²) in [5.41, 5.74) is 0. The molecule has 1 unspecified atom stereocenters. The van der Waals surface area contributed by atoms with Gasteiger partial charge in [-0.05, 0) is 6.42 Å². The number of aliphatic hydroxyl groups is 1. The Kier molecular flexibility index (Phi) is 5.84. The van der Waals surface area contributed by atoms with Gasteiger partial charge < -0.3 is 10.4 Å². The van der Waals surface area contributed by atoms with Gasteiger partial charge in [0.1, 0.15) is 0 Å². The van der Waals surface area contributed by atoms with Gasteiger partial charge in [0.25, 0.3) is 0 Å². The topological polar surface area (TPSA) is 49.3 Å². The maximum atomic E-state index is 11.0. The van der Waals surface area contributed by atoms with Crippen LogP contribution in [0.2, 0.25) is 0 Å². The highest BCUT2D eigenvalue weighted by Crippen LogP contribution is 1.92. The highest BCUT2D eigenvalue weighted by atomic mass is 16.3. The number of carbonyl (C=O) groups excluding carboxylic acids is 1. The zero-order valence-electron chi connectivity index (χ0n) is 7.26. The molecule has 3 nitrogen and oxygen atoms in total. The molecule has 0 aromatic heterocycles. The average Bonchev–Trinajstić information content (AvgIpc) is 2.03. The van der Waals surface area contributed by atoms with Crippen molar-refractivity contribution in [3.8, 4) is 0 Å². The summed E-state index contributed by atoms with van der Waals surface area (Å²) in [5, 5.41) is 11.3. The van der Waals surface area contributed by atoms with E-state index in [1.54, 1.807) is 6.92 Å². The maximum absolute atomic E-state index is 11.0. The van der Waals surface area contributed by atoms with E-state index >= 15 is 0 Å². The van der Waals surface area contributed by atoms with Crippen LogP contribution in [-0.4, -0.2) is 24.2 Å². The van der Waals surface area contributed by atoms with Gasteiger partial charge in [-0.25, -0.2) is 0 Å². The van der Waals surface area contributed by atoms with Crippen molar-refractivity contribution in [2.24, 2.45) is 5.92 Å². The molecule has 0 fully saturated rings. The second kappa shape index (κ2) is 6.16. The van der Waals surface area contributed by atoms with Crippen molar-refractivity contribution in [1.82, 2.24) is 5.32 Å². The van der Waals surface area contributed by atoms with Gasteiger partial charge in [-0.2, -0.15) is 0 Å². The van der Waals surface area contributed by atoms with E-state index in [2.05, 4.69) is 12.2 Å². The van der Waals surface area contributed by atoms with E-state index in [-0.39, 0.29) is 18.4 Å². The molecule has 0 aliphatic heterocycles. The molecule has 0 spiro atoms. The van der Waals surface area contributed by atoms with E-state index in [1.807, 2.05) is 0 Å². The quantitative estimate of drug-likeness (QED) is 0.575. The molecule has 1 amide bonds. The standard InChI is InChI=1S/C8H17NO2/c1-3-4-5-9-8(11)7(2)6-10/h7,10H,3-6H2,1-2H3,(H,9,11). The minimum absolute atomic E-state index is 0.0547. The molecule has 0 aromatic carbocycles. The molecule has 0 saturated heterocycles. The first-order chi connectivity index (χ1) is 5.22. The molecule has 0 aromatic rings. The van der Waals surface area contributed by atoms with Crippen molar-refractivity contribution in [2.75, 3.05) is 13.2 Å². The Balaban J connectivity index is 3.36. The van der Waals surface area contributed by atoms with Crippen molar-refractivity contribution in [3.05, 3.63) is 0 Å². The van der Waals surface area contributed by atoms with E-state index < -0.39 is 0 Å². The number of amides is 1. The molecule has 0 bridgehead atoms. The lowest BCUT2D eigenvalue weighted by atomic mass is 10.2. The van der Waals surface area contributed by atoms with Gasteiger partial charge in [-0.1, -0.05) is 20.3 Å². The van der Waals surface area contributed by atoms with E-state index in [1.165, 1.54) is 0 Å². The number of aliphatic hydroxyl groups excluding tert-OH is 1. The van der Waals surface area contributed by atoms with Crippen LogP contribution in [0.25, 0.3) is 0 Å². The van der Waals surface area contributed by atoms with Crippen LogP contribution < -0.4 is 5.32 Å². The fourth-order valence-corrected chi connectivity index (χ4v) is 0.646. The highest BCUT2D eigenvalue weighted by Gasteiger charge is 2.09. The lowest BCUT2D eigenvalue weighted by molar-refractivity contribution is -0.125. The normalized spacial score (nSPS) is 12.6. The minimum atomic E-state index is -0.271. The second-order valence-corrected chi connectivity index (χ2v) is 2.73. The SMILES string of the molecule is CCCCNC(=O)C(C)CO. The van der Waals surface area contributed by atoms with Gasteiger partial charge in [-0.3, -0.25) is 4.79 Å². The zero-order chi connectivity index (χ0) is 8.69. The third-order valence-corrected chi connectivity index (χ3v) is 1.55. The van der Waals surface area contributed by atoms with Gasteiger partial charge in [0.15, 0.2) is 0 Å². The molecule has 66 valence electrons. The number of hydrogen-bond acceptors (Lipinski definition) is 2. The summed E-state index contributed by atoms with van der Waals surface area (Å²) in [6, 6.07) is 0. The van der Waals surface area contributed by atoms with Crippen LogP contribution in [0, 0.1) is 5.92 Å². The Bertz CT molecular complexity index is 115. The summed E-state index contributed by atoms with van der Waals surface area (Å²) >= 11 is 0. The van der Waals surface area contributed by atoms with Crippen molar-refractivity contribution in [1.29, 1.82) is 0 Å². The van der Waals surface area contributed by atoms with E-state index in [4.69, 9.17) is 5.11 Å². The van der Waals surface area contributed by atoms with E-state index in [9.17, 15) is 4.79 Å². The van der Waals surface area contributed by atoms with Crippen LogP contribution in [-0.2, 0) is 4.79 Å². The summed E-state index contributed by atoms with van der Waals surface area (Å²) in [6.07, 6.45) is 2.08. The molecule has 0 radical (unpaired) electrons. The first kappa shape index (κ1) is 10.4. The number of unbranched alkanes of at least 4 members (excludes halogenated alkanes) is 1. The largest absolute Gasteiger partial charge is 0.396 e. The smallest absolute Gasteiger partial charge is 0.225 e. The summed E-state index contributed by atoms with van der Waals surface area (Å²) in [5.74, 6) is -0.326. The lowest BCUT2D eigenvalue weighted by Crippen LogP contribution is -2.31. The lowest BCUT2D eigenvalue weighted by Gasteiger charge is -2.07. The van der Waals surface area contributed by atoms with E-state index in [0.717, 1.165) is 19.4 Å². The molecular formula is C8H17NO2. The maximum Gasteiger partial charge on any atom is 0.225 e. The summed E-state index contributed by atoms with van der Waals surface area (Å²) in [7, 11) is 0. The van der Waals surface area contributed by atoms with Gasteiger partial charge in [0, 0.05) is 6.54 Å². The van der Waals surface area contributed by atoms with Crippen molar-refractivity contribution < 1.29 is 9.90 Å². The van der Waals surface area contributed by atoms with Gasteiger partial charge in [-0.15, -0.1) is 0 Å². The molecule has 11 heavy (non-hydrogen) atoms. The third-order valence-electron chi connectivity index (χ3n) is 1.55. The molecule has 0 aliphatic rings. The van der Waals surface area contributed by atoms with Gasteiger partial charge in [0.05, 0.1) is 12.5 Å². The summed E-state index contributed by atoms with van der Waals surface area (Å²) in [4.78, 5) is 11.0. The monoisotopic (exact) mass is 159 g/mol. The van der Waals surface area contributed by atoms with E-state index in [0.29, 0.717) is 0 Å². The minimum Gasteiger partial charge on any atom is -0.396 e. The van der Waals surface area contributed by atoms with Crippen LogP contribution in [0.15, 0.2) is 0 Å². The average molecular weight is 159 g/mol. The number of nitrogens with one attached hydrogen (secondary N) is 1. The first-order valence-corrected chi connectivity index (χ1v) is 4.11. The van der Waals surface area contributed by atoms with Crippen LogP contribution in [0.4, 0.5) is 0 Å². The highest BCUT2D eigenvalue weighted by molar-refractivity contribution is 5.78. The molecular weight excluding hydrogens is 142 g/mol. The number of hydrogen-bond donors (Lipinski definition) is 2. The van der Waals surface area contributed by atoms with Crippen molar-refractivity contribution >= 4 is 5.91 Å². The Morgan fingerprint density at radius 3 is 2.73 bits per heavy atom. The molecule has 0 saturated carbocycles. The predicted molar refractivity (Wildman–Crippen MR) is 44.2 cm³/mol. The third kappa shape index (κ3) is 4.79. The van der Waals surface area contributed by atoms with Crippen LogP contribution in [0.5, 0.6) is 0 Å². The number of rotatable bonds is 5. The molecule has 0 rings (SSSR count). The molecule has 1 atom stereocenters. The van der Waals surface area contributed by atoms with Gasteiger partial charge in [0.2, 0.25) is 5.91 Å².